The van der Waals surface area contributed by atoms with E-state index in [-0.39, 0.29) is 0 Å². The third-order valence-corrected chi connectivity index (χ3v) is 3.81. The lowest BCUT2D eigenvalue weighted by Gasteiger charge is -2.21. The van der Waals surface area contributed by atoms with Crippen LogP contribution < -0.4 is 0 Å². The lowest BCUT2D eigenvalue weighted by molar-refractivity contribution is 0.302. The van der Waals surface area contributed by atoms with Gasteiger partial charge in [0.15, 0.2) is 0 Å². The molecular formula is C15H32. The van der Waals surface area contributed by atoms with Crippen LogP contribution in [0.2, 0.25) is 0 Å². The first kappa shape index (κ1) is 15.0. The summed E-state index contributed by atoms with van der Waals surface area (Å²) < 4.78 is 0. The van der Waals surface area contributed by atoms with Crippen LogP contribution in [0.1, 0.15) is 73.6 Å². The Hall–Kier alpha value is 0. The predicted octanol–water partition coefficient (Wildman–Crippen LogP) is 5.52. The molecule has 92 valence electrons. The highest BCUT2D eigenvalue weighted by Crippen LogP contribution is 2.25. The molecule has 0 saturated carbocycles. The van der Waals surface area contributed by atoms with E-state index >= 15 is 0 Å². The van der Waals surface area contributed by atoms with Crippen LogP contribution >= 0.6 is 0 Å². The molecule has 0 amide bonds. The summed E-state index contributed by atoms with van der Waals surface area (Å²) in [4.78, 5) is 0. The molecule has 0 aromatic carbocycles. The third-order valence-electron chi connectivity index (χ3n) is 3.81. The van der Waals surface area contributed by atoms with Crippen molar-refractivity contribution in [2.24, 2.45) is 23.7 Å². The minimum Gasteiger partial charge on any atom is -0.0651 e. The van der Waals surface area contributed by atoms with E-state index in [1.807, 2.05) is 0 Å². The molecule has 0 nitrogen and oxygen atoms in total. The van der Waals surface area contributed by atoms with Crippen molar-refractivity contribution in [3.63, 3.8) is 0 Å². The molecule has 0 saturated heterocycles. The maximum absolute atomic E-state index is 2.43. The molecule has 0 aromatic rings. The van der Waals surface area contributed by atoms with Crippen molar-refractivity contribution in [3.8, 4) is 0 Å². The van der Waals surface area contributed by atoms with Crippen LogP contribution in [-0.4, -0.2) is 0 Å². The van der Waals surface area contributed by atoms with Crippen LogP contribution in [0.3, 0.4) is 0 Å². The Bertz CT molecular complexity index is 123. The van der Waals surface area contributed by atoms with Crippen LogP contribution in [0.15, 0.2) is 0 Å². The van der Waals surface area contributed by atoms with Gasteiger partial charge in [-0.25, -0.2) is 0 Å². The highest BCUT2D eigenvalue weighted by Gasteiger charge is 2.13. The molecule has 0 heteroatoms. The van der Waals surface area contributed by atoms with Crippen LogP contribution in [-0.2, 0) is 0 Å². The van der Waals surface area contributed by atoms with E-state index in [1.165, 1.54) is 32.1 Å². The van der Waals surface area contributed by atoms with Gasteiger partial charge in [-0.3, -0.25) is 0 Å². The molecule has 0 spiro atoms. The largest absolute Gasteiger partial charge is 0.0651 e. The maximum Gasteiger partial charge on any atom is -0.0438 e. The van der Waals surface area contributed by atoms with E-state index in [1.54, 1.807) is 0 Å². The topological polar surface area (TPSA) is 0 Å². The molecule has 0 heterocycles. The van der Waals surface area contributed by atoms with Crippen molar-refractivity contribution < 1.29 is 0 Å². The van der Waals surface area contributed by atoms with Crippen LogP contribution in [0, 0.1) is 23.7 Å². The van der Waals surface area contributed by atoms with Gasteiger partial charge in [-0.05, 0) is 42.9 Å². The normalized spacial score (nSPS) is 19.6. The molecule has 0 bridgehead atoms. The second-order valence-corrected chi connectivity index (χ2v) is 5.94. The number of rotatable bonds is 8. The van der Waals surface area contributed by atoms with Gasteiger partial charge in [0.1, 0.15) is 0 Å². The van der Waals surface area contributed by atoms with Crippen molar-refractivity contribution in [1.29, 1.82) is 0 Å². The van der Waals surface area contributed by atoms with E-state index in [9.17, 15) is 0 Å². The minimum absolute atomic E-state index is 0.913. The fraction of sp³-hybridized carbons (Fsp3) is 1.00. The summed E-state index contributed by atoms with van der Waals surface area (Å²) in [6.45, 7) is 14.2. The number of hydrogen-bond acceptors (Lipinski definition) is 0. The molecule has 0 N–H and O–H groups in total. The second-order valence-electron chi connectivity index (χ2n) is 5.94. The highest BCUT2D eigenvalue weighted by atomic mass is 14.2. The van der Waals surface area contributed by atoms with Crippen LogP contribution in [0.25, 0.3) is 0 Å². The number of hydrogen-bond donors (Lipinski definition) is 0. The zero-order valence-electron chi connectivity index (χ0n) is 11.8. The van der Waals surface area contributed by atoms with E-state index in [2.05, 4.69) is 41.5 Å². The Morgan fingerprint density at radius 2 is 0.800 bits per heavy atom. The summed E-state index contributed by atoms with van der Waals surface area (Å²) in [6, 6.07) is 0. The van der Waals surface area contributed by atoms with Gasteiger partial charge < -0.3 is 0 Å². The molecule has 0 aliphatic heterocycles. The van der Waals surface area contributed by atoms with Crippen molar-refractivity contribution in [2.45, 2.75) is 73.6 Å². The molecule has 0 aliphatic rings. The van der Waals surface area contributed by atoms with Gasteiger partial charge in [0.25, 0.3) is 0 Å². The molecule has 0 radical (unpaired) electrons. The summed E-state index contributed by atoms with van der Waals surface area (Å²) in [6.07, 6.45) is 6.94. The predicted molar refractivity (Wildman–Crippen MR) is 71.1 cm³/mol. The van der Waals surface area contributed by atoms with Crippen molar-refractivity contribution >= 4 is 0 Å². The van der Waals surface area contributed by atoms with E-state index in [4.69, 9.17) is 0 Å². The van der Waals surface area contributed by atoms with Gasteiger partial charge in [-0.1, -0.05) is 54.4 Å². The van der Waals surface area contributed by atoms with E-state index < -0.39 is 0 Å². The Morgan fingerprint density at radius 3 is 1.07 bits per heavy atom. The van der Waals surface area contributed by atoms with E-state index in [0.717, 1.165) is 23.7 Å². The first-order valence-corrected chi connectivity index (χ1v) is 6.99. The first-order valence-electron chi connectivity index (χ1n) is 6.99. The second kappa shape index (κ2) is 8.19. The molecule has 0 rings (SSSR count). The molecule has 0 fully saturated rings. The Balaban J connectivity index is 3.70. The van der Waals surface area contributed by atoms with Gasteiger partial charge >= 0.3 is 0 Å². The lowest BCUT2D eigenvalue weighted by atomic mass is 9.84. The monoisotopic (exact) mass is 212 g/mol. The van der Waals surface area contributed by atoms with Crippen LogP contribution in [0.4, 0.5) is 0 Å². The van der Waals surface area contributed by atoms with Gasteiger partial charge in [-0.15, -0.1) is 0 Å². The Kier molecular flexibility index (Phi) is 8.19. The molecule has 4 atom stereocenters. The quantitative estimate of drug-likeness (QED) is 0.497. The van der Waals surface area contributed by atoms with Crippen molar-refractivity contribution in [2.75, 3.05) is 0 Å². The van der Waals surface area contributed by atoms with E-state index in [0.29, 0.717) is 0 Å². The fourth-order valence-corrected chi connectivity index (χ4v) is 2.59. The summed E-state index contributed by atoms with van der Waals surface area (Å²) in [5, 5.41) is 0. The van der Waals surface area contributed by atoms with Gasteiger partial charge in [0.2, 0.25) is 0 Å². The zero-order valence-corrected chi connectivity index (χ0v) is 11.8. The summed E-state index contributed by atoms with van der Waals surface area (Å²) in [5.41, 5.74) is 0. The minimum atomic E-state index is 0.913. The lowest BCUT2D eigenvalue weighted by Crippen LogP contribution is -2.09. The summed E-state index contributed by atoms with van der Waals surface area (Å²) in [5.74, 6) is 3.66. The van der Waals surface area contributed by atoms with Crippen molar-refractivity contribution in [3.05, 3.63) is 0 Å². The van der Waals surface area contributed by atoms with Crippen LogP contribution in [0.5, 0.6) is 0 Å². The SMILES string of the molecule is CCC(C)CC(C)CC(C)CC(C)CC. The maximum atomic E-state index is 2.43. The smallest absolute Gasteiger partial charge is 0.0438 e. The Morgan fingerprint density at radius 1 is 0.533 bits per heavy atom. The molecule has 15 heavy (non-hydrogen) atoms. The highest BCUT2D eigenvalue weighted by molar-refractivity contribution is 4.65. The molecular weight excluding hydrogens is 180 g/mol. The van der Waals surface area contributed by atoms with Gasteiger partial charge in [0.05, 0.1) is 0 Å². The summed E-state index contributed by atoms with van der Waals surface area (Å²) in [7, 11) is 0. The molecule has 0 aromatic heterocycles. The Labute approximate surface area is 97.8 Å². The average Bonchev–Trinajstić information content (AvgIpc) is 2.16. The van der Waals surface area contributed by atoms with Gasteiger partial charge in [-0.2, -0.15) is 0 Å². The molecule has 0 aliphatic carbocycles. The summed E-state index contributed by atoms with van der Waals surface area (Å²) >= 11 is 0. The average molecular weight is 212 g/mol. The third kappa shape index (κ3) is 7.88. The van der Waals surface area contributed by atoms with Crippen molar-refractivity contribution in [1.82, 2.24) is 0 Å². The fourth-order valence-electron chi connectivity index (χ4n) is 2.59. The molecule has 4 unspecified atom stereocenters. The standard InChI is InChI=1S/C15H32/c1-7-12(3)9-14(5)11-15(6)10-13(4)8-2/h12-15H,7-11H2,1-6H3. The van der Waals surface area contributed by atoms with Gasteiger partial charge in [0, 0.05) is 0 Å². The zero-order chi connectivity index (χ0) is 11.8. The first-order chi connectivity index (χ1) is 6.99.